The molecule has 1 aliphatic rings. The Hall–Kier alpha value is -0.0800. The number of hydrogen-bond donors (Lipinski definition) is 1. The smallest absolute Gasteiger partial charge is 0.00682 e. The fourth-order valence-electron chi connectivity index (χ4n) is 1.97. The topological polar surface area (TPSA) is 15.3 Å². The van der Waals surface area contributed by atoms with Gasteiger partial charge in [-0.05, 0) is 52.1 Å². The lowest BCUT2D eigenvalue weighted by molar-refractivity contribution is 0.218. The van der Waals surface area contributed by atoms with Crippen LogP contribution in [0.15, 0.2) is 0 Å². The minimum Gasteiger partial charge on any atom is -0.314 e. The molecule has 0 radical (unpaired) electrons. The van der Waals surface area contributed by atoms with Crippen LogP contribution < -0.4 is 5.32 Å². The molecule has 2 nitrogen and oxygen atoms in total. The van der Waals surface area contributed by atoms with Crippen LogP contribution in [0.4, 0.5) is 0 Å². The van der Waals surface area contributed by atoms with Gasteiger partial charge in [0.25, 0.3) is 0 Å². The predicted octanol–water partition coefficient (Wildman–Crippen LogP) is 2.49. The molecule has 0 aromatic heterocycles. The van der Waals surface area contributed by atoms with Crippen LogP contribution in [-0.4, -0.2) is 37.1 Å². The highest BCUT2D eigenvalue weighted by atomic mass is 15.1. The molecule has 1 atom stereocenters. The van der Waals surface area contributed by atoms with E-state index in [4.69, 9.17) is 0 Å². The van der Waals surface area contributed by atoms with Crippen LogP contribution in [0.2, 0.25) is 0 Å². The summed E-state index contributed by atoms with van der Waals surface area (Å²) in [4.78, 5) is 2.49. The minimum absolute atomic E-state index is 0.730. The molecular weight excluding hydrogens is 184 g/mol. The zero-order chi connectivity index (χ0) is 11.3. The molecule has 0 amide bonds. The molecule has 0 aromatic rings. The Morgan fingerprint density at radius 3 is 2.47 bits per heavy atom. The van der Waals surface area contributed by atoms with Crippen molar-refractivity contribution < 1.29 is 0 Å². The molecule has 1 rings (SSSR count). The fourth-order valence-corrected chi connectivity index (χ4v) is 1.97. The van der Waals surface area contributed by atoms with E-state index >= 15 is 0 Å². The highest BCUT2D eigenvalue weighted by Gasteiger charge is 2.19. The number of rotatable bonds is 8. The molecule has 1 unspecified atom stereocenters. The van der Waals surface area contributed by atoms with E-state index in [1.807, 2.05) is 0 Å². The van der Waals surface area contributed by atoms with Crippen LogP contribution in [0, 0.1) is 5.92 Å². The van der Waals surface area contributed by atoms with Crippen molar-refractivity contribution in [2.24, 2.45) is 5.92 Å². The van der Waals surface area contributed by atoms with Gasteiger partial charge in [0, 0.05) is 18.6 Å². The summed E-state index contributed by atoms with van der Waals surface area (Å²) in [6.07, 6.45) is 5.45. The second-order valence-corrected chi connectivity index (χ2v) is 5.55. The Labute approximate surface area is 95.4 Å². The van der Waals surface area contributed by atoms with E-state index in [0.29, 0.717) is 0 Å². The largest absolute Gasteiger partial charge is 0.314 e. The monoisotopic (exact) mass is 212 g/mol. The summed E-state index contributed by atoms with van der Waals surface area (Å²) in [7, 11) is 2.25. The zero-order valence-electron chi connectivity index (χ0n) is 10.9. The summed E-state index contributed by atoms with van der Waals surface area (Å²) in [5, 5.41) is 3.57. The Bertz CT molecular complexity index is 164. The van der Waals surface area contributed by atoms with Gasteiger partial charge in [0.05, 0.1) is 0 Å². The molecule has 2 heteroatoms. The predicted molar refractivity (Wildman–Crippen MR) is 67.2 cm³/mol. The molecule has 0 bridgehead atoms. The van der Waals surface area contributed by atoms with Crippen molar-refractivity contribution in [2.75, 3.05) is 20.1 Å². The van der Waals surface area contributed by atoms with Gasteiger partial charge in [0.2, 0.25) is 0 Å². The number of nitrogens with zero attached hydrogens (tertiary/aromatic N) is 1. The number of hydrogen-bond acceptors (Lipinski definition) is 2. The average molecular weight is 212 g/mol. The van der Waals surface area contributed by atoms with E-state index < -0.39 is 0 Å². The van der Waals surface area contributed by atoms with Gasteiger partial charge in [0.15, 0.2) is 0 Å². The second kappa shape index (κ2) is 6.49. The Morgan fingerprint density at radius 1 is 1.27 bits per heavy atom. The second-order valence-electron chi connectivity index (χ2n) is 5.55. The van der Waals surface area contributed by atoms with Gasteiger partial charge in [-0.1, -0.05) is 13.8 Å². The molecule has 0 aliphatic heterocycles. The first kappa shape index (κ1) is 13.0. The van der Waals surface area contributed by atoms with Crippen LogP contribution >= 0.6 is 0 Å². The van der Waals surface area contributed by atoms with E-state index in [9.17, 15) is 0 Å². The van der Waals surface area contributed by atoms with Gasteiger partial charge in [0.1, 0.15) is 0 Å². The third-order valence-corrected chi connectivity index (χ3v) is 3.21. The van der Waals surface area contributed by atoms with E-state index in [0.717, 1.165) is 18.0 Å². The lowest BCUT2D eigenvalue weighted by atomic mass is 10.1. The lowest BCUT2D eigenvalue weighted by Gasteiger charge is -2.26. The van der Waals surface area contributed by atoms with Crippen LogP contribution in [0.5, 0.6) is 0 Å². The van der Waals surface area contributed by atoms with Crippen molar-refractivity contribution in [1.82, 2.24) is 10.2 Å². The van der Waals surface area contributed by atoms with Gasteiger partial charge in [-0.2, -0.15) is 0 Å². The van der Waals surface area contributed by atoms with E-state index in [1.165, 1.54) is 38.8 Å². The lowest BCUT2D eigenvalue weighted by Crippen LogP contribution is -2.33. The molecule has 1 saturated carbocycles. The maximum Gasteiger partial charge on any atom is 0.00682 e. The van der Waals surface area contributed by atoms with Crippen molar-refractivity contribution in [1.29, 1.82) is 0 Å². The molecule has 0 heterocycles. The Morgan fingerprint density at radius 2 is 1.93 bits per heavy atom. The van der Waals surface area contributed by atoms with Crippen molar-refractivity contribution >= 4 is 0 Å². The molecule has 15 heavy (non-hydrogen) atoms. The van der Waals surface area contributed by atoms with Gasteiger partial charge < -0.3 is 10.2 Å². The third-order valence-electron chi connectivity index (χ3n) is 3.21. The quantitative estimate of drug-likeness (QED) is 0.622. The fraction of sp³-hybridized carbons (Fsp3) is 1.00. The van der Waals surface area contributed by atoms with Crippen molar-refractivity contribution in [3.05, 3.63) is 0 Å². The first-order valence-electron chi connectivity index (χ1n) is 6.53. The van der Waals surface area contributed by atoms with Gasteiger partial charge in [-0.25, -0.2) is 0 Å². The Balaban J connectivity index is 1.97. The van der Waals surface area contributed by atoms with E-state index in [1.54, 1.807) is 0 Å². The van der Waals surface area contributed by atoms with Crippen LogP contribution in [-0.2, 0) is 0 Å². The molecule has 0 saturated heterocycles. The molecule has 1 N–H and O–H groups in total. The van der Waals surface area contributed by atoms with Crippen LogP contribution in [0.3, 0.4) is 0 Å². The minimum atomic E-state index is 0.730. The number of nitrogens with one attached hydrogen (secondary N) is 1. The maximum atomic E-state index is 3.57. The highest BCUT2D eigenvalue weighted by Crippen LogP contribution is 2.18. The molecule has 0 spiro atoms. The van der Waals surface area contributed by atoms with Crippen LogP contribution in [0.1, 0.15) is 46.5 Å². The summed E-state index contributed by atoms with van der Waals surface area (Å²) in [5.41, 5.74) is 0. The van der Waals surface area contributed by atoms with E-state index in [2.05, 4.69) is 38.0 Å². The Kier molecular flexibility index (Phi) is 5.62. The summed E-state index contributed by atoms with van der Waals surface area (Å²) in [6.45, 7) is 9.36. The van der Waals surface area contributed by atoms with Gasteiger partial charge in [-0.15, -0.1) is 0 Å². The zero-order valence-corrected chi connectivity index (χ0v) is 10.9. The highest BCUT2D eigenvalue weighted by molar-refractivity contribution is 4.80. The average Bonchev–Trinajstić information content (AvgIpc) is 2.94. The summed E-state index contributed by atoms with van der Waals surface area (Å²) in [6, 6.07) is 1.60. The molecule has 0 aromatic carbocycles. The van der Waals surface area contributed by atoms with Crippen molar-refractivity contribution in [3.63, 3.8) is 0 Å². The SMILES string of the molecule is CC(C)CN(C)C(C)CCCNC1CC1. The first-order chi connectivity index (χ1) is 7.09. The standard InChI is InChI=1S/C13H28N2/c1-11(2)10-15(4)12(3)6-5-9-14-13-7-8-13/h11-14H,5-10H2,1-4H3. The summed E-state index contributed by atoms with van der Waals surface area (Å²) < 4.78 is 0. The normalized spacial score (nSPS) is 18.8. The van der Waals surface area contributed by atoms with Crippen LogP contribution in [0.25, 0.3) is 0 Å². The van der Waals surface area contributed by atoms with E-state index in [-0.39, 0.29) is 0 Å². The van der Waals surface area contributed by atoms with Crippen molar-refractivity contribution in [2.45, 2.75) is 58.5 Å². The summed E-state index contributed by atoms with van der Waals surface area (Å²) in [5.74, 6) is 0.780. The van der Waals surface area contributed by atoms with Crippen molar-refractivity contribution in [3.8, 4) is 0 Å². The summed E-state index contributed by atoms with van der Waals surface area (Å²) >= 11 is 0. The van der Waals surface area contributed by atoms with Gasteiger partial charge in [-0.3, -0.25) is 0 Å². The third kappa shape index (κ3) is 6.16. The molecule has 1 fully saturated rings. The molecule has 90 valence electrons. The van der Waals surface area contributed by atoms with Gasteiger partial charge >= 0.3 is 0 Å². The first-order valence-corrected chi connectivity index (χ1v) is 6.53. The maximum absolute atomic E-state index is 3.57. The molecule has 1 aliphatic carbocycles. The molecular formula is C13H28N2.